The Bertz CT molecular complexity index is 784. The van der Waals surface area contributed by atoms with Crippen molar-refractivity contribution in [2.45, 2.75) is 51.9 Å². The van der Waals surface area contributed by atoms with Crippen LogP contribution in [-0.4, -0.2) is 42.1 Å². The van der Waals surface area contributed by atoms with Crippen molar-refractivity contribution in [1.82, 2.24) is 9.88 Å². The van der Waals surface area contributed by atoms with Gasteiger partial charge in [-0.1, -0.05) is 46.8 Å². The molecule has 1 aromatic heterocycles. The zero-order valence-electron chi connectivity index (χ0n) is 16.9. The molecule has 27 heavy (non-hydrogen) atoms. The molecule has 2 aliphatic rings. The van der Waals surface area contributed by atoms with Gasteiger partial charge in [-0.25, -0.2) is 14.8 Å². The number of hydrogen-bond acceptors (Lipinski definition) is 6. The van der Waals surface area contributed by atoms with Gasteiger partial charge in [0.25, 0.3) is 0 Å². The first-order valence-corrected chi connectivity index (χ1v) is 10.1. The molecule has 0 radical (unpaired) electrons. The first-order chi connectivity index (χ1) is 12.7. The van der Waals surface area contributed by atoms with Crippen LogP contribution in [0.15, 0.2) is 29.4 Å². The summed E-state index contributed by atoms with van der Waals surface area (Å²) in [5, 5.41) is 0.960. The van der Waals surface area contributed by atoms with Gasteiger partial charge in [0.1, 0.15) is 12.5 Å². The van der Waals surface area contributed by atoms with E-state index < -0.39 is 6.09 Å². The van der Waals surface area contributed by atoms with Crippen LogP contribution in [-0.2, 0) is 15.6 Å². The number of thiazole rings is 1. The van der Waals surface area contributed by atoms with Crippen molar-refractivity contribution in [2.75, 3.05) is 25.2 Å². The zero-order chi connectivity index (χ0) is 19.8. The van der Waals surface area contributed by atoms with Crippen LogP contribution < -0.4 is 4.90 Å². The van der Waals surface area contributed by atoms with Crippen molar-refractivity contribution in [3.05, 3.63) is 35.0 Å². The largest absolute Gasteiger partial charge is 0.452 e. The molecule has 0 spiro atoms. The van der Waals surface area contributed by atoms with E-state index in [9.17, 15) is 4.79 Å². The van der Waals surface area contributed by atoms with Crippen molar-refractivity contribution in [2.24, 2.45) is 4.99 Å². The number of ether oxygens (including phenoxy) is 1. The maximum Gasteiger partial charge on any atom is 0.415 e. The first-order valence-electron chi connectivity index (χ1n) is 9.26. The predicted molar refractivity (Wildman–Crippen MR) is 111 cm³/mol. The quantitative estimate of drug-likeness (QED) is 0.719. The third-order valence-corrected chi connectivity index (χ3v) is 6.30. The number of allylic oxidation sites excluding steroid dienone is 2. The number of amides is 1. The van der Waals surface area contributed by atoms with E-state index in [0.717, 1.165) is 29.6 Å². The minimum Gasteiger partial charge on any atom is -0.452 e. The van der Waals surface area contributed by atoms with E-state index in [0.29, 0.717) is 0 Å². The fourth-order valence-corrected chi connectivity index (χ4v) is 4.57. The van der Waals surface area contributed by atoms with Gasteiger partial charge in [-0.05, 0) is 12.5 Å². The van der Waals surface area contributed by atoms with Crippen LogP contribution in [0.5, 0.6) is 0 Å². The number of hydrogen-bond donors (Lipinski definition) is 0. The van der Waals surface area contributed by atoms with E-state index in [1.54, 1.807) is 17.5 Å². The molecule has 0 saturated carbocycles. The molecule has 146 valence electrons. The molecular weight excluding hydrogens is 360 g/mol. The third kappa shape index (κ3) is 3.65. The summed E-state index contributed by atoms with van der Waals surface area (Å²) in [6.07, 6.45) is 8.69. The fourth-order valence-electron chi connectivity index (χ4n) is 3.22. The summed E-state index contributed by atoms with van der Waals surface area (Å²) in [4.78, 5) is 26.2. The van der Waals surface area contributed by atoms with Gasteiger partial charge >= 0.3 is 6.09 Å². The van der Waals surface area contributed by atoms with Gasteiger partial charge in [-0.2, -0.15) is 0 Å². The lowest BCUT2D eigenvalue weighted by atomic mass is 9.75. The van der Waals surface area contributed by atoms with E-state index in [4.69, 9.17) is 9.72 Å². The smallest absolute Gasteiger partial charge is 0.415 e. The highest BCUT2D eigenvalue weighted by Gasteiger charge is 2.37. The third-order valence-electron chi connectivity index (χ3n) is 4.88. The van der Waals surface area contributed by atoms with Gasteiger partial charge in [0.05, 0.1) is 12.8 Å². The Morgan fingerprint density at radius 2 is 2.00 bits per heavy atom. The molecule has 0 aromatic carbocycles. The number of carbonyl (C=O) groups is 1. The summed E-state index contributed by atoms with van der Waals surface area (Å²) in [5.74, 6) is 0.826. The summed E-state index contributed by atoms with van der Waals surface area (Å²) in [6.45, 7) is 12.1. The highest BCUT2D eigenvalue weighted by atomic mass is 32.1. The van der Waals surface area contributed by atoms with Crippen molar-refractivity contribution in [3.8, 4) is 0 Å². The second-order valence-corrected chi connectivity index (χ2v) is 8.99. The van der Waals surface area contributed by atoms with Crippen LogP contribution in [0.1, 0.15) is 51.6 Å². The van der Waals surface area contributed by atoms with E-state index in [1.807, 2.05) is 6.08 Å². The monoisotopic (exact) mass is 388 g/mol. The molecule has 1 amide bonds. The highest BCUT2D eigenvalue weighted by Crippen LogP contribution is 2.45. The minimum atomic E-state index is -0.407. The van der Waals surface area contributed by atoms with Crippen LogP contribution in [0.4, 0.5) is 9.93 Å². The Hall–Kier alpha value is -2.15. The Morgan fingerprint density at radius 1 is 1.30 bits per heavy atom. The molecule has 6 nitrogen and oxygen atoms in total. The number of methoxy groups -OCH3 is 1. The van der Waals surface area contributed by atoms with Crippen LogP contribution in [0.25, 0.3) is 0 Å². The van der Waals surface area contributed by atoms with Crippen LogP contribution in [0.2, 0.25) is 0 Å². The van der Waals surface area contributed by atoms with E-state index in [1.165, 1.54) is 16.9 Å². The first kappa shape index (κ1) is 19.6. The number of aliphatic imine (C=N–C) groups is 1. The summed E-state index contributed by atoms with van der Waals surface area (Å²) >= 11 is 1.74. The van der Waals surface area contributed by atoms with Gasteiger partial charge in [0.2, 0.25) is 0 Å². The van der Waals surface area contributed by atoms with E-state index in [2.05, 4.69) is 56.7 Å². The summed E-state index contributed by atoms with van der Waals surface area (Å²) in [6, 6.07) is 0. The van der Waals surface area contributed by atoms with Gasteiger partial charge < -0.3 is 9.64 Å². The molecule has 1 aliphatic carbocycles. The lowest BCUT2D eigenvalue weighted by Gasteiger charge is -2.32. The molecular formula is C20H28N4O2S. The molecule has 0 N–H and O–H groups in total. The topological polar surface area (TPSA) is 58.0 Å². The van der Waals surface area contributed by atoms with E-state index >= 15 is 0 Å². The number of aromatic nitrogens is 1. The number of rotatable bonds is 3. The molecule has 0 unspecified atom stereocenters. The minimum absolute atomic E-state index is 0.0233. The van der Waals surface area contributed by atoms with Gasteiger partial charge in [-0.3, -0.25) is 4.90 Å². The maximum atomic E-state index is 11.7. The average Bonchev–Trinajstić information content (AvgIpc) is 3.11. The van der Waals surface area contributed by atoms with Crippen LogP contribution in [0.3, 0.4) is 0 Å². The molecule has 7 heteroatoms. The second kappa shape index (κ2) is 7.11. The number of carbonyl (C=O) groups excluding carboxylic acids is 1. The molecule has 3 rings (SSSR count). The molecule has 0 fully saturated rings. The Morgan fingerprint density at radius 3 is 2.56 bits per heavy atom. The van der Waals surface area contributed by atoms with Crippen LogP contribution >= 0.6 is 11.3 Å². The summed E-state index contributed by atoms with van der Waals surface area (Å²) in [5.41, 5.74) is 1.04. The normalized spacial score (nSPS) is 19.5. The lowest BCUT2D eigenvalue weighted by molar-refractivity contribution is 0.140. The number of anilines is 1. The SMILES string of the molecule is CCCN(C1=NCN(C(=O)OC)C=C1)c1nc2c(s1)C(C)(C)C=CC2(C)C. The van der Waals surface area contributed by atoms with Crippen molar-refractivity contribution in [1.29, 1.82) is 0 Å². The predicted octanol–water partition coefficient (Wildman–Crippen LogP) is 4.44. The Kier molecular flexibility index (Phi) is 5.16. The Balaban J connectivity index is 1.94. The molecule has 1 aliphatic heterocycles. The number of nitrogens with zero attached hydrogens (tertiary/aromatic N) is 4. The number of amidine groups is 1. The van der Waals surface area contributed by atoms with Gasteiger partial charge in [-0.15, -0.1) is 11.3 Å². The Labute approximate surface area is 165 Å². The van der Waals surface area contributed by atoms with Crippen molar-refractivity contribution < 1.29 is 9.53 Å². The lowest BCUT2D eigenvalue weighted by Crippen LogP contribution is -2.36. The van der Waals surface area contributed by atoms with E-state index in [-0.39, 0.29) is 17.5 Å². The second-order valence-electron chi connectivity index (χ2n) is 8.02. The average molecular weight is 389 g/mol. The number of fused-ring (bicyclic) bond motifs is 1. The van der Waals surface area contributed by atoms with Crippen molar-refractivity contribution >= 4 is 28.4 Å². The molecule has 0 saturated heterocycles. The molecule has 0 bridgehead atoms. The van der Waals surface area contributed by atoms with Crippen molar-refractivity contribution in [3.63, 3.8) is 0 Å². The summed E-state index contributed by atoms with van der Waals surface area (Å²) < 4.78 is 4.75. The summed E-state index contributed by atoms with van der Waals surface area (Å²) in [7, 11) is 1.37. The zero-order valence-corrected chi connectivity index (χ0v) is 17.8. The standard InChI is InChI=1S/C20H28N4O2S/c1-7-11-24(14-8-12-23(13-21-14)18(25)26-6)17-22-15-16(27-17)20(4,5)10-9-19(15,2)3/h8-10,12H,7,11,13H2,1-6H3. The van der Waals surface area contributed by atoms with Crippen LogP contribution in [0, 0.1) is 0 Å². The van der Waals surface area contributed by atoms with Gasteiger partial charge in [0.15, 0.2) is 5.13 Å². The molecule has 0 atom stereocenters. The van der Waals surface area contributed by atoms with Gasteiger partial charge in [0, 0.05) is 28.5 Å². The fraction of sp³-hybridized carbons (Fsp3) is 0.550. The maximum absolute atomic E-state index is 11.7. The molecule has 2 heterocycles. The highest BCUT2D eigenvalue weighted by molar-refractivity contribution is 7.16. The molecule has 1 aromatic rings.